The molecule has 20 heavy (non-hydrogen) atoms. The average Bonchev–Trinajstić information content (AvgIpc) is 2.25. The van der Waals surface area contributed by atoms with E-state index in [2.05, 4.69) is 4.90 Å². The minimum atomic E-state index is -3.57. The molecule has 2 rings (SSSR count). The largest absolute Gasteiger partial charge is 0.303 e. The topological polar surface area (TPSA) is 40.6 Å². The van der Waals surface area contributed by atoms with E-state index in [-0.39, 0.29) is 10.9 Å². The van der Waals surface area contributed by atoms with Crippen molar-refractivity contribution in [2.75, 3.05) is 26.7 Å². The molecule has 1 heterocycles. The number of hydrogen-bond acceptors (Lipinski definition) is 3. The molecule has 1 atom stereocenters. The third kappa shape index (κ3) is 2.73. The zero-order valence-corrected chi connectivity index (χ0v) is 13.2. The van der Waals surface area contributed by atoms with E-state index < -0.39 is 15.8 Å². The minimum Gasteiger partial charge on any atom is -0.303 e. The molecule has 112 valence electrons. The predicted octanol–water partition coefficient (Wildman–Crippen LogP) is 1.77. The molecule has 1 aromatic rings. The lowest BCUT2D eigenvalue weighted by molar-refractivity contribution is 0.170. The molecule has 1 aromatic carbocycles. The van der Waals surface area contributed by atoms with Gasteiger partial charge in [-0.1, -0.05) is 0 Å². The Morgan fingerprint density at radius 2 is 1.75 bits per heavy atom. The first kappa shape index (κ1) is 15.4. The van der Waals surface area contributed by atoms with Crippen LogP contribution in [0.15, 0.2) is 17.0 Å². The molecule has 0 bridgehead atoms. The van der Waals surface area contributed by atoms with E-state index in [1.54, 1.807) is 13.8 Å². The van der Waals surface area contributed by atoms with Crippen LogP contribution in [0.1, 0.15) is 18.1 Å². The molecule has 0 radical (unpaired) electrons. The van der Waals surface area contributed by atoms with Crippen LogP contribution in [0.25, 0.3) is 0 Å². The van der Waals surface area contributed by atoms with Gasteiger partial charge in [-0.05, 0) is 51.1 Å². The summed E-state index contributed by atoms with van der Waals surface area (Å²) < 4.78 is 40.6. The van der Waals surface area contributed by atoms with Crippen LogP contribution < -0.4 is 0 Å². The van der Waals surface area contributed by atoms with Crippen molar-refractivity contribution in [3.05, 3.63) is 29.1 Å². The van der Waals surface area contributed by atoms with Crippen molar-refractivity contribution < 1.29 is 12.8 Å². The summed E-state index contributed by atoms with van der Waals surface area (Å²) in [7, 11) is -1.59. The molecular formula is C14H21FN2O2S. The fourth-order valence-corrected chi connectivity index (χ4v) is 4.93. The van der Waals surface area contributed by atoms with Gasteiger partial charge < -0.3 is 4.90 Å². The van der Waals surface area contributed by atoms with Crippen molar-refractivity contribution in [3.8, 4) is 0 Å². The highest BCUT2D eigenvalue weighted by molar-refractivity contribution is 7.89. The van der Waals surface area contributed by atoms with Gasteiger partial charge in [0.1, 0.15) is 5.82 Å². The highest BCUT2D eigenvalue weighted by atomic mass is 32.2. The lowest BCUT2D eigenvalue weighted by atomic mass is 10.1. The minimum absolute atomic E-state index is 0.0809. The highest BCUT2D eigenvalue weighted by Gasteiger charge is 2.34. The first-order valence-corrected chi connectivity index (χ1v) is 8.14. The Kier molecular flexibility index (Phi) is 4.18. The second kappa shape index (κ2) is 5.42. The summed E-state index contributed by atoms with van der Waals surface area (Å²) >= 11 is 0. The number of piperazine rings is 1. The molecule has 6 heteroatoms. The van der Waals surface area contributed by atoms with Gasteiger partial charge in [-0.3, -0.25) is 0 Å². The summed E-state index contributed by atoms with van der Waals surface area (Å²) in [6.07, 6.45) is 0. The van der Waals surface area contributed by atoms with E-state index >= 15 is 0 Å². The lowest BCUT2D eigenvalue weighted by Crippen LogP contribution is -2.52. The van der Waals surface area contributed by atoms with E-state index in [1.165, 1.54) is 16.4 Å². The molecular weight excluding hydrogens is 279 g/mol. The molecule has 0 N–H and O–H groups in total. The van der Waals surface area contributed by atoms with Crippen molar-refractivity contribution in [1.82, 2.24) is 9.21 Å². The van der Waals surface area contributed by atoms with Crippen LogP contribution >= 0.6 is 0 Å². The summed E-state index contributed by atoms with van der Waals surface area (Å²) in [6, 6.07) is 2.48. The van der Waals surface area contributed by atoms with E-state index in [1.807, 2.05) is 14.0 Å². The van der Waals surface area contributed by atoms with Gasteiger partial charge in [-0.2, -0.15) is 4.31 Å². The van der Waals surface area contributed by atoms with Gasteiger partial charge in [0.05, 0.1) is 4.90 Å². The Bertz CT molecular complexity index is 593. The van der Waals surface area contributed by atoms with E-state index in [0.717, 1.165) is 0 Å². The second-order valence-electron chi connectivity index (χ2n) is 5.60. The third-order valence-electron chi connectivity index (χ3n) is 3.76. The molecule has 0 aliphatic carbocycles. The van der Waals surface area contributed by atoms with Crippen LogP contribution in [0.5, 0.6) is 0 Å². The Morgan fingerprint density at radius 3 is 2.25 bits per heavy atom. The molecule has 1 unspecified atom stereocenters. The molecule has 1 fully saturated rings. The van der Waals surface area contributed by atoms with E-state index in [9.17, 15) is 12.8 Å². The van der Waals surface area contributed by atoms with Crippen molar-refractivity contribution in [1.29, 1.82) is 0 Å². The highest BCUT2D eigenvalue weighted by Crippen LogP contribution is 2.27. The normalized spacial score (nSPS) is 22.1. The third-order valence-corrected chi connectivity index (χ3v) is 6.08. The van der Waals surface area contributed by atoms with Crippen molar-refractivity contribution in [2.24, 2.45) is 0 Å². The number of hydrogen-bond donors (Lipinski definition) is 0. The molecule has 0 spiro atoms. The summed E-state index contributed by atoms with van der Waals surface area (Å²) in [5, 5.41) is 0. The standard InChI is InChI=1S/C14H21FN2O2S/c1-10-7-13(15)8-11(2)14(10)20(18,19)17-6-5-16(4)9-12(17)3/h7-8,12H,5-6,9H2,1-4H3. The van der Waals surface area contributed by atoms with Crippen LogP contribution in [0, 0.1) is 19.7 Å². The van der Waals surface area contributed by atoms with Gasteiger partial charge in [0.25, 0.3) is 0 Å². The molecule has 0 saturated carbocycles. The van der Waals surface area contributed by atoms with Gasteiger partial charge in [-0.25, -0.2) is 12.8 Å². The first-order chi connectivity index (χ1) is 9.23. The summed E-state index contributed by atoms with van der Waals surface area (Å²) in [4.78, 5) is 2.36. The number of nitrogens with zero attached hydrogens (tertiary/aromatic N) is 2. The zero-order valence-electron chi connectivity index (χ0n) is 12.4. The fraction of sp³-hybridized carbons (Fsp3) is 0.571. The number of sulfonamides is 1. The van der Waals surface area contributed by atoms with Gasteiger partial charge >= 0.3 is 0 Å². The lowest BCUT2D eigenvalue weighted by Gasteiger charge is -2.37. The van der Waals surface area contributed by atoms with Gasteiger partial charge in [-0.15, -0.1) is 0 Å². The molecule has 0 amide bonds. The molecule has 0 aromatic heterocycles. The van der Waals surface area contributed by atoms with E-state index in [0.29, 0.717) is 30.8 Å². The molecule has 1 aliphatic rings. The number of halogens is 1. The van der Waals surface area contributed by atoms with Crippen LogP contribution in [0.4, 0.5) is 4.39 Å². The van der Waals surface area contributed by atoms with E-state index in [4.69, 9.17) is 0 Å². The monoisotopic (exact) mass is 300 g/mol. The van der Waals surface area contributed by atoms with Gasteiger partial charge in [0.15, 0.2) is 0 Å². The summed E-state index contributed by atoms with van der Waals surface area (Å²) in [6.45, 7) is 7.08. The maximum atomic E-state index is 13.4. The Balaban J connectivity index is 2.46. The number of rotatable bonds is 2. The first-order valence-electron chi connectivity index (χ1n) is 6.70. The van der Waals surface area contributed by atoms with Crippen LogP contribution in [-0.2, 0) is 10.0 Å². The van der Waals surface area contributed by atoms with Crippen LogP contribution in [0.2, 0.25) is 0 Å². The quantitative estimate of drug-likeness (QED) is 0.836. The van der Waals surface area contributed by atoms with Gasteiger partial charge in [0.2, 0.25) is 10.0 Å². The zero-order chi connectivity index (χ0) is 15.1. The van der Waals surface area contributed by atoms with Crippen LogP contribution in [0.3, 0.4) is 0 Å². The Labute approximate surface area is 120 Å². The number of aryl methyl sites for hydroxylation is 2. The molecule has 1 saturated heterocycles. The summed E-state index contributed by atoms with van der Waals surface area (Å²) in [5.74, 6) is -0.398. The predicted molar refractivity (Wildman–Crippen MR) is 76.7 cm³/mol. The second-order valence-corrected chi connectivity index (χ2v) is 7.42. The average molecular weight is 300 g/mol. The van der Waals surface area contributed by atoms with Crippen LogP contribution in [-0.4, -0.2) is 50.3 Å². The number of benzene rings is 1. The number of likely N-dealkylation sites (N-methyl/N-ethyl adjacent to an activating group) is 1. The maximum absolute atomic E-state index is 13.4. The SMILES string of the molecule is Cc1cc(F)cc(C)c1S(=O)(=O)N1CCN(C)CC1C. The van der Waals surface area contributed by atoms with Crippen molar-refractivity contribution >= 4 is 10.0 Å². The van der Waals surface area contributed by atoms with Crippen molar-refractivity contribution in [3.63, 3.8) is 0 Å². The molecule has 4 nitrogen and oxygen atoms in total. The smallest absolute Gasteiger partial charge is 0.243 e. The Morgan fingerprint density at radius 1 is 1.20 bits per heavy atom. The van der Waals surface area contributed by atoms with Crippen molar-refractivity contribution in [2.45, 2.75) is 31.7 Å². The van der Waals surface area contributed by atoms with Gasteiger partial charge in [0, 0.05) is 25.7 Å². The fourth-order valence-electron chi connectivity index (χ4n) is 2.90. The maximum Gasteiger partial charge on any atom is 0.243 e. The Hall–Kier alpha value is -0.980. The summed E-state index contributed by atoms with van der Waals surface area (Å²) in [5.41, 5.74) is 0.933. The molecule has 1 aliphatic heterocycles.